The second kappa shape index (κ2) is 8.54. The molecule has 1 aromatic carbocycles. The lowest BCUT2D eigenvalue weighted by Gasteiger charge is -2.51. The summed E-state index contributed by atoms with van der Waals surface area (Å²) in [7, 11) is 0. The number of para-hydroxylation sites is 1. The summed E-state index contributed by atoms with van der Waals surface area (Å²) in [6.07, 6.45) is 6.25. The van der Waals surface area contributed by atoms with Crippen molar-refractivity contribution in [1.29, 1.82) is 5.26 Å². The van der Waals surface area contributed by atoms with E-state index >= 15 is 0 Å². The van der Waals surface area contributed by atoms with Gasteiger partial charge in [0.2, 0.25) is 5.91 Å². The highest BCUT2D eigenvalue weighted by molar-refractivity contribution is 5.80. The normalized spacial score (nSPS) is 25.8. The molecule has 0 spiro atoms. The summed E-state index contributed by atoms with van der Waals surface area (Å²) in [6.45, 7) is 5.16. The average molecular weight is 417 g/mol. The monoisotopic (exact) mass is 416 g/mol. The highest BCUT2D eigenvalue weighted by Crippen LogP contribution is 2.47. The molecule has 3 fully saturated rings. The fraction of sp³-hybridized carbons (Fsp3) is 0.500. The quantitative estimate of drug-likeness (QED) is 0.765. The van der Waals surface area contributed by atoms with Crippen LogP contribution in [0.4, 0.5) is 11.5 Å². The van der Waals surface area contributed by atoms with Crippen LogP contribution in [0.1, 0.15) is 25.0 Å². The zero-order chi connectivity index (χ0) is 21.2. The molecule has 0 radical (unpaired) electrons. The first-order valence-electron chi connectivity index (χ1n) is 11.3. The van der Waals surface area contributed by atoms with Gasteiger partial charge >= 0.3 is 0 Å². The standard InChI is InChI=1S/C24H28N6O/c25-16-22-23(27-9-8-26-22)30-12-7-18-15-20(21(18)17-30)24(31)29-11-4-10-28(13-14-29)19-5-2-1-3-6-19/h1-3,5-6,8-9,18,20-21H,4,7,10-15,17H2/t18-,20-,21-/m1/s1. The van der Waals surface area contributed by atoms with E-state index in [9.17, 15) is 10.1 Å². The molecule has 1 aliphatic carbocycles. The number of nitrogens with zero attached hydrogens (tertiary/aromatic N) is 6. The van der Waals surface area contributed by atoms with Crippen molar-refractivity contribution in [3.05, 3.63) is 48.4 Å². The van der Waals surface area contributed by atoms with Crippen LogP contribution in [0.2, 0.25) is 0 Å². The molecule has 160 valence electrons. The van der Waals surface area contributed by atoms with Crippen molar-refractivity contribution in [3.8, 4) is 6.07 Å². The number of amides is 1. The number of hydrogen-bond donors (Lipinski definition) is 0. The van der Waals surface area contributed by atoms with E-state index in [1.165, 1.54) is 5.69 Å². The van der Waals surface area contributed by atoms with E-state index in [1.54, 1.807) is 12.4 Å². The second-order valence-corrected chi connectivity index (χ2v) is 8.84. The molecule has 3 atom stereocenters. The fourth-order valence-electron chi connectivity index (χ4n) is 5.47. The van der Waals surface area contributed by atoms with Gasteiger partial charge in [-0.25, -0.2) is 9.97 Å². The van der Waals surface area contributed by atoms with E-state index < -0.39 is 0 Å². The molecule has 0 N–H and O–H groups in total. The Morgan fingerprint density at radius 1 is 1.00 bits per heavy atom. The van der Waals surface area contributed by atoms with Crippen molar-refractivity contribution in [2.24, 2.45) is 17.8 Å². The average Bonchev–Trinajstić information content (AvgIpc) is 3.07. The first-order valence-corrected chi connectivity index (χ1v) is 11.3. The van der Waals surface area contributed by atoms with Gasteiger partial charge in [-0.15, -0.1) is 0 Å². The van der Waals surface area contributed by atoms with E-state index in [0.29, 0.717) is 29.3 Å². The van der Waals surface area contributed by atoms with Gasteiger partial charge in [0.05, 0.1) is 0 Å². The van der Waals surface area contributed by atoms with Crippen LogP contribution in [0.5, 0.6) is 0 Å². The molecule has 0 unspecified atom stereocenters. The molecule has 2 aliphatic heterocycles. The molecule has 2 aromatic rings. The molecular weight excluding hydrogens is 388 g/mol. The number of carbonyl (C=O) groups is 1. The Balaban J connectivity index is 1.23. The van der Waals surface area contributed by atoms with Crippen LogP contribution in [0.3, 0.4) is 0 Å². The molecule has 3 heterocycles. The summed E-state index contributed by atoms with van der Waals surface area (Å²) in [4.78, 5) is 28.6. The summed E-state index contributed by atoms with van der Waals surface area (Å²) in [5.74, 6) is 2.04. The molecular formula is C24H28N6O. The van der Waals surface area contributed by atoms with Gasteiger partial charge in [-0.1, -0.05) is 18.2 Å². The topological polar surface area (TPSA) is 76.4 Å². The van der Waals surface area contributed by atoms with Crippen molar-refractivity contribution < 1.29 is 4.79 Å². The molecule has 1 saturated carbocycles. The summed E-state index contributed by atoms with van der Waals surface area (Å²) >= 11 is 0. The molecule has 5 rings (SSSR count). The number of anilines is 2. The zero-order valence-electron chi connectivity index (χ0n) is 17.7. The number of fused-ring (bicyclic) bond motifs is 1. The Labute approximate surface area is 183 Å². The Kier molecular flexibility index (Phi) is 5.46. The smallest absolute Gasteiger partial charge is 0.226 e. The minimum absolute atomic E-state index is 0.0956. The van der Waals surface area contributed by atoms with Crippen LogP contribution >= 0.6 is 0 Å². The summed E-state index contributed by atoms with van der Waals surface area (Å²) in [5, 5.41) is 9.38. The van der Waals surface area contributed by atoms with E-state index in [0.717, 1.165) is 58.5 Å². The van der Waals surface area contributed by atoms with Crippen molar-refractivity contribution in [1.82, 2.24) is 14.9 Å². The van der Waals surface area contributed by atoms with Gasteiger partial charge in [0.25, 0.3) is 0 Å². The molecule has 7 nitrogen and oxygen atoms in total. The number of benzene rings is 1. The van der Waals surface area contributed by atoms with Crippen LogP contribution < -0.4 is 9.80 Å². The third-order valence-corrected chi connectivity index (χ3v) is 7.21. The van der Waals surface area contributed by atoms with E-state index in [1.807, 2.05) is 6.07 Å². The summed E-state index contributed by atoms with van der Waals surface area (Å²) in [6, 6.07) is 12.6. The van der Waals surface area contributed by atoms with Gasteiger partial charge in [-0.2, -0.15) is 5.26 Å². The van der Waals surface area contributed by atoms with Crippen LogP contribution in [0, 0.1) is 29.1 Å². The first kappa shape index (κ1) is 19.8. The Hall–Kier alpha value is -3.14. The van der Waals surface area contributed by atoms with Gasteiger partial charge in [0.15, 0.2) is 11.5 Å². The number of carbonyl (C=O) groups excluding carboxylic acids is 1. The van der Waals surface area contributed by atoms with Crippen LogP contribution in [-0.4, -0.2) is 60.0 Å². The van der Waals surface area contributed by atoms with E-state index in [-0.39, 0.29) is 5.92 Å². The lowest BCUT2D eigenvalue weighted by atomic mass is 9.61. The van der Waals surface area contributed by atoms with Gasteiger partial charge in [-0.05, 0) is 43.2 Å². The maximum Gasteiger partial charge on any atom is 0.226 e. The highest BCUT2D eigenvalue weighted by Gasteiger charge is 2.49. The maximum atomic E-state index is 13.4. The lowest BCUT2D eigenvalue weighted by molar-refractivity contribution is -0.144. The number of piperidine rings is 1. The van der Waals surface area contributed by atoms with Crippen LogP contribution in [-0.2, 0) is 4.79 Å². The van der Waals surface area contributed by atoms with Crippen LogP contribution in [0.15, 0.2) is 42.7 Å². The second-order valence-electron chi connectivity index (χ2n) is 8.84. The Morgan fingerprint density at radius 2 is 1.84 bits per heavy atom. The zero-order valence-corrected chi connectivity index (χ0v) is 17.7. The Morgan fingerprint density at radius 3 is 2.68 bits per heavy atom. The van der Waals surface area contributed by atoms with Crippen LogP contribution in [0.25, 0.3) is 0 Å². The fourth-order valence-corrected chi connectivity index (χ4v) is 5.47. The minimum Gasteiger partial charge on any atom is -0.370 e. The number of nitriles is 1. The molecule has 0 bridgehead atoms. The molecule has 1 aromatic heterocycles. The van der Waals surface area contributed by atoms with Gasteiger partial charge in [0, 0.05) is 63.3 Å². The van der Waals surface area contributed by atoms with Crippen molar-refractivity contribution in [2.75, 3.05) is 49.1 Å². The molecule has 1 amide bonds. The van der Waals surface area contributed by atoms with E-state index in [4.69, 9.17) is 0 Å². The SMILES string of the molecule is N#Cc1nccnc1N1CC[C@@H]2C[C@@H](C(=O)N3CCCN(c4ccccc4)CC3)[C@@H]2C1. The molecule has 2 saturated heterocycles. The third kappa shape index (κ3) is 3.83. The Bertz CT molecular complexity index is 974. The van der Waals surface area contributed by atoms with Crippen molar-refractivity contribution in [3.63, 3.8) is 0 Å². The minimum atomic E-state index is 0.0956. The number of rotatable bonds is 3. The predicted octanol–water partition coefficient (Wildman–Crippen LogP) is 2.55. The largest absolute Gasteiger partial charge is 0.370 e. The van der Waals surface area contributed by atoms with Gasteiger partial charge in [-0.3, -0.25) is 4.79 Å². The molecule has 31 heavy (non-hydrogen) atoms. The van der Waals surface area contributed by atoms with Crippen molar-refractivity contribution >= 4 is 17.4 Å². The van der Waals surface area contributed by atoms with Crippen molar-refractivity contribution in [2.45, 2.75) is 19.3 Å². The molecule has 3 aliphatic rings. The lowest BCUT2D eigenvalue weighted by Crippen LogP contribution is -2.56. The van der Waals surface area contributed by atoms with Gasteiger partial charge in [0.1, 0.15) is 6.07 Å². The number of aromatic nitrogens is 2. The number of hydrogen-bond acceptors (Lipinski definition) is 6. The predicted molar refractivity (Wildman–Crippen MR) is 119 cm³/mol. The highest BCUT2D eigenvalue weighted by atomic mass is 16.2. The summed E-state index contributed by atoms with van der Waals surface area (Å²) in [5.41, 5.74) is 1.61. The van der Waals surface area contributed by atoms with E-state index in [2.05, 4.69) is 55.0 Å². The third-order valence-electron chi connectivity index (χ3n) is 7.21. The van der Waals surface area contributed by atoms with Gasteiger partial charge < -0.3 is 14.7 Å². The molecule has 7 heteroatoms. The summed E-state index contributed by atoms with van der Waals surface area (Å²) < 4.78 is 0. The maximum absolute atomic E-state index is 13.4. The first-order chi connectivity index (χ1) is 15.2.